The predicted octanol–water partition coefficient (Wildman–Crippen LogP) is 3.08. The van der Waals surface area contributed by atoms with Crippen molar-refractivity contribution in [1.82, 2.24) is 5.32 Å². The molecule has 0 amide bonds. The van der Waals surface area contributed by atoms with Crippen molar-refractivity contribution in [1.29, 1.82) is 0 Å². The lowest BCUT2D eigenvalue weighted by Gasteiger charge is -2.27. The number of anilines is 1. The van der Waals surface area contributed by atoms with Crippen molar-refractivity contribution in [3.63, 3.8) is 0 Å². The molecule has 1 unspecified atom stereocenters. The first-order valence-corrected chi connectivity index (χ1v) is 6.81. The highest BCUT2D eigenvalue weighted by Crippen LogP contribution is 2.27. The molecule has 0 aliphatic carbocycles. The molecule has 1 aromatic rings. The first kappa shape index (κ1) is 13.2. The van der Waals surface area contributed by atoms with Crippen LogP contribution in [0.4, 0.5) is 5.69 Å². The predicted molar refractivity (Wildman–Crippen MR) is 80.2 cm³/mol. The normalized spacial score (nSPS) is 17.6. The Balaban J connectivity index is 2.26. The second-order valence-electron chi connectivity index (χ2n) is 5.31. The van der Waals surface area contributed by atoms with Crippen LogP contribution in [-0.2, 0) is 6.42 Å². The van der Waals surface area contributed by atoms with Crippen LogP contribution < -0.4 is 10.2 Å². The highest BCUT2D eigenvalue weighted by molar-refractivity contribution is 5.63. The number of nitrogens with one attached hydrogen (secondary N) is 1. The van der Waals surface area contributed by atoms with E-state index in [4.69, 9.17) is 0 Å². The molecule has 1 aliphatic heterocycles. The zero-order valence-corrected chi connectivity index (χ0v) is 12.0. The fourth-order valence-electron chi connectivity index (χ4n) is 2.51. The molecule has 98 valence electrons. The van der Waals surface area contributed by atoms with E-state index in [1.165, 1.54) is 41.8 Å². The summed E-state index contributed by atoms with van der Waals surface area (Å²) in [6.07, 6.45) is 4.76. The lowest BCUT2D eigenvalue weighted by molar-refractivity contribution is 0.696. The van der Waals surface area contributed by atoms with E-state index in [0.29, 0.717) is 6.04 Å². The van der Waals surface area contributed by atoms with E-state index in [2.05, 4.69) is 55.4 Å². The highest BCUT2D eigenvalue weighted by atomic mass is 15.1. The highest BCUT2D eigenvalue weighted by Gasteiger charge is 2.13. The second-order valence-corrected chi connectivity index (χ2v) is 5.31. The Morgan fingerprint density at radius 2 is 2.22 bits per heavy atom. The number of hydrogen-bond acceptors (Lipinski definition) is 2. The molecule has 1 heterocycles. The minimum atomic E-state index is 0.434. The Hall–Kier alpha value is -1.28. The van der Waals surface area contributed by atoms with E-state index >= 15 is 0 Å². The number of rotatable bonds is 3. The fourth-order valence-corrected chi connectivity index (χ4v) is 2.51. The molecule has 1 aliphatic rings. The zero-order valence-electron chi connectivity index (χ0n) is 12.0. The van der Waals surface area contributed by atoms with Crippen LogP contribution in [-0.4, -0.2) is 26.7 Å². The Bertz CT molecular complexity index is 448. The van der Waals surface area contributed by atoms with Crippen molar-refractivity contribution in [3.05, 3.63) is 34.9 Å². The summed E-state index contributed by atoms with van der Waals surface area (Å²) in [5.74, 6) is 0. The molecule has 0 bridgehead atoms. The number of likely N-dealkylation sites (N-methyl/N-ethyl adjacent to an activating group) is 1. The van der Waals surface area contributed by atoms with E-state index < -0.39 is 0 Å². The van der Waals surface area contributed by atoms with Crippen molar-refractivity contribution in [2.75, 3.05) is 25.5 Å². The molecular weight excluding hydrogens is 220 g/mol. The van der Waals surface area contributed by atoms with Crippen LogP contribution in [0.3, 0.4) is 0 Å². The van der Waals surface area contributed by atoms with Gasteiger partial charge in [-0.15, -0.1) is 0 Å². The van der Waals surface area contributed by atoms with Crippen LogP contribution in [0.15, 0.2) is 23.8 Å². The summed E-state index contributed by atoms with van der Waals surface area (Å²) in [6.45, 7) is 5.56. The van der Waals surface area contributed by atoms with Crippen molar-refractivity contribution in [2.24, 2.45) is 0 Å². The van der Waals surface area contributed by atoms with Gasteiger partial charge in [0.2, 0.25) is 0 Å². The van der Waals surface area contributed by atoms with Crippen molar-refractivity contribution >= 4 is 11.8 Å². The maximum Gasteiger partial charge on any atom is 0.0396 e. The van der Waals surface area contributed by atoms with Gasteiger partial charge >= 0.3 is 0 Å². The van der Waals surface area contributed by atoms with Crippen LogP contribution in [0.25, 0.3) is 6.08 Å². The molecule has 0 spiro atoms. The average Bonchev–Trinajstić information content (AvgIpc) is 2.38. The molecule has 1 N–H and O–H groups in total. The lowest BCUT2D eigenvalue weighted by atomic mass is 9.98. The van der Waals surface area contributed by atoms with Gasteiger partial charge in [0.1, 0.15) is 0 Å². The SMILES string of the molecule is CNC(C)/C(C)=C/c1ccc2c(c1)CCCN2C. The summed E-state index contributed by atoms with van der Waals surface area (Å²) in [7, 11) is 4.19. The first-order chi connectivity index (χ1) is 8.61. The summed E-state index contributed by atoms with van der Waals surface area (Å²) < 4.78 is 0. The van der Waals surface area contributed by atoms with Crippen molar-refractivity contribution < 1.29 is 0 Å². The van der Waals surface area contributed by atoms with Gasteiger partial charge in [-0.1, -0.05) is 17.7 Å². The van der Waals surface area contributed by atoms with E-state index in [9.17, 15) is 0 Å². The molecule has 0 radical (unpaired) electrons. The van der Waals surface area contributed by atoms with Crippen LogP contribution in [0.5, 0.6) is 0 Å². The van der Waals surface area contributed by atoms with Gasteiger partial charge in [-0.05, 0) is 57.0 Å². The molecule has 1 atom stereocenters. The van der Waals surface area contributed by atoms with E-state index in [-0.39, 0.29) is 0 Å². The van der Waals surface area contributed by atoms with Crippen LogP contribution in [0.1, 0.15) is 31.4 Å². The Morgan fingerprint density at radius 3 is 2.94 bits per heavy atom. The standard InChI is InChI=1S/C16H24N2/c1-12(13(2)17-3)10-14-7-8-16-15(11-14)6-5-9-18(16)4/h7-8,10-11,13,17H,5-6,9H2,1-4H3/b12-10+. The molecular formula is C16H24N2. The number of fused-ring (bicyclic) bond motifs is 1. The molecule has 18 heavy (non-hydrogen) atoms. The van der Waals surface area contributed by atoms with Gasteiger partial charge in [0.25, 0.3) is 0 Å². The fraction of sp³-hybridized carbons (Fsp3) is 0.500. The smallest absolute Gasteiger partial charge is 0.0396 e. The second kappa shape index (κ2) is 5.57. The van der Waals surface area contributed by atoms with E-state index in [1.54, 1.807) is 0 Å². The lowest BCUT2D eigenvalue weighted by Crippen LogP contribution is -2.24. The zero-order chi connectivity index (χ0) is 13.1. The summed E-state index contributed by atoms with van der Waals surface area (Å²) in [6, 6.07) is 7.27. The summed E-state index contributed by atoms with van der Waals surface area (Å²) in [5, 5.41) is 3.28. The number of benzene rings is 1. The minimum absolute atomic E-state index is 0.434. The largest absolute Gasteiger partial charge is 0.374 e. The van der Waals surface area contributed by atoms with Crippen molar-refractivity contribution in [2.45, 2.75) is 32.7 Å². The van der Waals surface area contributed by atoms with Crippen LogP contribution in [0.2, 0.25) is 0 Å². The maximum absolute atomic E-state index is 3.28. The molecule has 0 saturated carbocycles. The quantitative estimate of drug-likeness (QED) is 0.879. The molecule has 1 aromatic carbocycles. The molecule has 2 rings (SSSR count). The van der Waals surface area contributed by atoms with Crippen molar-refractivity contribution in [3.8, 4) is 0 Å². The van der Waals surface area contributed by atoms with E-state index in [1.807, 2.05) is 7.05 Å². The molecule has 0 aromatic heterocycles. The third kappa shape index (κ3) is 2.75. The third-order valence-corrected chi connectivity index (χ3v) is 3.96. The van der Waals surface area contributed by atoms with Crippen LogP contribution in [0, 0.1) is 0 Å². The number of nitrogens with zero attached hydrogens (tertiary/aromatic N) is 1. The van der Waals surface area contributed by atoms with Gasteiger partial charge < -0.3 is 10.2 Å². The van der Waals surface area contributed by atoms with Crippen LogP contribution >= 0.6 is 0 Å². The minimum Gasteiger partial charge on any atom is -0.374 e. The summed E-state index contributed by atoms with van der Waals surface area (Å²) in [5.41, 5.74) is 5.59. The van der Waals surface area contributed by atoms with Gasteiger partial charge in [-0.2, -0.15) is 0 Å². The van der Waals surface area contributed by atoms with Gasteiger partial charge in [-0.25, -0.2) is 0 Å². The Morgan fingerprint density at radius 1 is 1.44 bits per heavy atom. The monoisotopic (exact) mass is 244 g/mol. The Kier molecular flexibility index (Phi) is 4.07. The number of hydrogen-bond donors (Lipinski definition) is 1. The van der Waals surface area contributed by atoms with E-state index in [0.717, 1.165) is 0 Å². The number of aryl methyl sites for hydroxylation is 1. The van der Waals surface area contributed by atoms with Gasteiger partial charge in [0, 0.05) is 25.3 Å². The topological polar surface area (TPSA) is 15.3 Å². The summed E-state index contributed by atoms with van der Waals surface area (Å²) >= 11 is 0. The summed E-state index contributed by atoms with van der Waals surface area (Å²) in [4.78, 5) is 2.36. The first-order valence-electron chi connectivity index (χ1n) is 6.81. The molecule has 2 heteroatoms. The van der Waals surface area contributed by atoms with Gasteiger partial charge in [0.05, 0.1) is 0 Å². The molecule has 0 fully saturated rings. The molecule has 2 nitrogen and oxygen atoms in total. The molecule has 0 saturated heterocycles. The van der Waals surface area contributed by atoms with Gasteiger partial charge in [0.15, 0.2) is 0 Å². The average molecular weight is 244 g/mol. The Labute approximate surface area is 111 Å². The van der Waals surface area contributed by atoms with Gasteiger partial charge in [-0.3, -0.25) is 0 Å². The maximum atomic E-state index is 3.28. The third-order valence-electron chi connectivity index (χ3n) is 3.96.